The Morgan fingerprint density at radius 1 is 1.04 bits per heavy atom. The molecule has 5 heteroatoms. The lowest BCUT2D eigenvalue weighted by atomic mass is 10.00. The molecular weight excluding hydrogens is 330 g/mol. The van der Waals surface area contributed by atoms with E-state index in [1.807, 2.05) is 29.2 Å². The van der Waals surface area contributed by atoms with Gasteiger partial charge in [-0.15, -0.1) is 0 Å². The second-order valence-electron chi connectivity index (χ2n) is 6.70. The number of likely N-dealkylation sites (tertiary alicyclic amines) is 1. The number of nitrogens with zero attached hydrogens (tertiary/aromatic N) is 1. The summed E-state index contributed by atoms with van der Waals surface area (Å²) < 4.78 is 16.0. The summed E-state index contributed by atoms with van der Waals surface area (Å²) in [6.07, 6.45) is 4.28. The van der Waals surface area contributed by atoms with Gasteiger partial charge in [0.2, 0.25) is 6.79 Å². The summed E-state index contributed by atoms with van der Waals surface area (Å²) in [6.45, 7) is 0.981. The summed E-state index contributed by atoms with van der Waals surface area (Å²) in [4.78, 5) is 15.3. The van der Waals surface area contributed by atoms with E-state index in [0.29, 0.717) is 17.1 Å². The number of benzene rings is 2. The van der Waals surface area contributed by atoms with E-state index in [1.165, 1.54) is 0 Å². The molecule has 26 heavy (non-hydrogen) atoms. The van der Waals surface area contributed by atoms with Gasteiger partial charge in [0, 0.05) is 12.1 Å². The summed E-state index contributed by atoms with van der Waals surface area (Å²) in [7, 11) is 1.66. The first-order valence-electron chi connectivity index (χ1n) is 9.11. The van der Waals surface area contributed by atoms with Crippen LogP contribution in [0.5, 0.6) is 17.2 Å². The van der Waals surface area contributed by atoms with Crippen molar-refractivity contribution in [1.82, 2.24) is 4.90 Å². The van der Waals surface area contributed by atoms with E-state index < -0.39 is 0 Å². The number of hydrogen-bond donors (Lipinski definition) is 0. The van der Waals surface area contributed by atoms with Gasteiger partial charge in [-0.3, -0.25) is 4.79 Å². The Kier molecular flexibility index (Phi) is 4.69. The van der Waals surface area contributed by atoms with Crippen LogP contribution in [0, 0.1) is 0 Å². The third-order valence-electron chi connectivity index (χ3n) is 5.13. The third-order valence-corrected chi connectivity index (χ3v) is 5.13. The van der Waals surface area contributed by atoms with Crippen molar-refractivity contribution in [2.45, 2.75) is 31.7 Å². The van der Waals surface area contributed by atoms with Gasteiger partial charge >= 0.3 is 0 Å². The van der Waals surface area contributed by atoms with Gasteiger partial charge in [-0.2, -0.15) is 0 Å². The van der Waals surface area contributed by atoms with E-state index in [4.69, 9.17) is 14.2 Å². The molecule has 0 spiro atoms. The van der Waals surface area contributed by atoms with Crippen LogP contribution >= 0.6 is 0 Å². The number of amides is 1. The summed E-state index contributed by atoms with van der Waals surface area (Å²) in [5.41, 5.74) is 1.80. The van der Waals surface area contributed by atoms with Gasteiger partial charge in [-0.1, -0.05) is 25.0 Å². The Hall–Kier alpha value is -2.69. The fourth-order valence-corrected chi connectivity index (χ4v) is 3.72. The Morgan fingerprint density at radius 2 is 1.85 bits per heavy atom. The summed E-state index contributed by atoms with van der Waals surface area (Å²) in [6, 6.07) is 13.6. The van der Waals surface area contributed by atoms with Crippen molar-refractivity contribution in [3.63, 3.8) is 0 Å². The molecule has 4 rings (SSSR count). The maximum absolute atomic E-state index is 13.3. The number of rotatable bonds is 3. The number of ether oxygens (including phenoxy) is 3. The lowest BCUT2D eigenvalue weighted by Crippen LogP contribution is -2.34. The monoisotopic (exact) mass is 353 g/mol. The van der Waals surface area contributed by atoms with Crippen LogP contribution in [0.3, 0.4) is 0 Å². The van der Waals surface area contributed by atoms with Gasteiger partial charge in [0.15, 0.2) is 11.5 Å². The quantitative estimate of drug-likeness (QED) is 0.830. The standard InChI is InChI=1S/C21H23NO4/c1-24-17-9-6-15(7-10-17)18-5-3-2-4-12-22(18)21(23)16-8-11-19-20(13-16)26-14-25-19/h6-11,13,18H,2-5,12,14H2,1H3/t18-/m1/s1. The van der Waals surface area contributed by atoms with Crippen molar-refractivity contribution in [3.05, 3.63) is 53.6 Å². The first-order valence-corrected chi connectivity index (χ1v) is 9.11. The first-order chi connectivity index (χ1) is 12.8. The molecule has 1 fully saturated rings. The largest absolute Gasteiger partial charge is 0.497 e. The first kappa shape index (κ1) is 16.8. The van der Waals surface area contributed by atoms with Crippen molar-refractivity contribution < 1.29 is 19.0 Å². The molecule has 1 saturated heterocycles. The molecule has 2 aliphatic heterocycles. The van der Waals surface area contributed by atoms with E-state index in [9.17, 15) is 4.79 Å². The molecular formula is C21H23NO4. The number of methoxy groups -OCH3 is 1. The SMILES string of the molecule is COc1ccc([C@H]2CCCCCN2C(=O)c2ccc3c(c2)OCO3)cc1. The van der Waals surface area contributed by atoms with Gasteiger partial charge in [0.25, 0.3) is 5.91 Å². The normalized spacial score (nSPS) is 19.1. The van der Waals surface area contributed by atoms with Crippen molar-refractivity contribution in [1.29, 1.82) is 0 Å². The van der Waals surface area contributed by atoms with E-state index in [0.717, 1.165) is 43.5 Å². The van der Waals surface area contributed by atoms with Gasteiger partial charge in [0.05, 0.1) is 13.2 Å². The van der Waals surface area contributed by atoms with E-state index >= 15 is 0 Å². The maximum Gasteiger partial charge on any atom is 0.254 e. The molecule has 0 saturated carbocycles. The van der Waals surface area contributed by atoms with E-state index in [1.54, 1.807) is 13.2 Å². The zero-order chi connectivity index (χ0) is 17.9. The molecule has 2 heterocycles. The number of hydrogen-bond acceptors (Lipinski definition) is 4. The second-order valence-corrected chi connectivity index (χ2v) is 6.70. The molecule has 0 unspecified atom stereocenters. The summed E-state index contributed by atoms with van der Waals surface area (Å²) in [5.74, 6) is 2.22. The second kappa shape index (κ2) is 7.28. The lowest BCUT2D eigenvalue weighted by molar-refractivity contribution is 0.0680. The molecule has 2 aromatic rings. The predicted molar refractivity (Wildman–Crippen MR) is 97.8 cm³/mol. The molecule has 0 aliphatic carbocycles. The highest BCUT2D eigenvalue weighted by Gasteiger charge is 2.28. The molecule has 2 aliphatic rings. The van der Waals surface area contributed by atoms with Crippen molar-refractivity contribution in [2.75, 3.05) is 20.4 Å². The average Bonchev–Trinajstić information content (AvgIpc) is 3.02. The zero-order valence-electron chi connectivity index (χ0n) is 14.9. The van der Waals surface area contributed by atoms with Crippen LogP contribution in [0.1, 0.15) is 47.6 Å². The molecule has 2 aromatic carbocycles. The van der Waals surface area contributed by atoms with Gasteiger partial charge < -0.3 is 19.1 Å². The molecule has 136 valence electrons. The molecule has 0 N–H and O–H groups in total. The highest BCUT2D eigenvalue weighted by atomic mass is 16.7. The van der Waals surface area contributed by atoms with Crippen LogP contribution in [-0.4, -0.2) is 31.3 Å². The molecule has 5 nitrogen and oxygen atoms in total. The number of carbonyl (C=O) groups is 1. The predicted octanol–water partition coefficient (Wildman–Crippen LogP) is 4.18. The van der Waals surface area contributed by atoms with Crippen molar-refractivity contribution in [2.24, 2.45) is 0 Å². The molecule has 0 bridgehead atoms. The summed E-state index contributed by atoms with van der Waals surface area (Å²) >= 11 is 0. The van der Waals surface area contributed by atoms with E-state index in [-0.39, 0.29) is 18.7 Å². The third kappa shape index (κ3) is 3.21. The topological polar surface area (TPSA) is 48.0 Å². The molecule has 1 amide bonds. The highest BCUT2D eigenvalue weighted by Crippen LogP contribution is 2.35. The highest BCUT2D eigenvalue weighted by molar-refractivity contribution is 5.95. The smallest absolute Gasteiger partial charge is 0.254 e. The Labute approximate surface area is 153 Å². The molecule has 0 radical (unpaired) electrons. The fraction of sp³-hybridized carbons (Fsp3) is 0.381. The Balaban J connectivity index is 1.63. The van der Waals surface area contributed by atoms with Crippen LogP contribution in [0.2, 0.25) is 0 Å². The van der Waals surface area contributed by atoms with Crippen molar-refractivity contribution >= 4 is 5.91 Å². The van der Waals surface area contributed by atoms with Gasteiger partial charge in [-0.05, 0) is 48.7 Å². The van der Waals surface area contributed by atoms with Crippen LogP contribution < -0.4 is 14.2 Å². The number of carbonyl (C=O) groups excluding carboxylic acids is 1. The van der Waals surface area contributed by atoms with Crippen LogP contribution in [0.25, 0.3) is 0 Å². The van der Waals surface area contributed by atoms with Gasteiger partial charge in [0.1, 0.15) is 5.75 Å². The van der Waals surface area contributed by atoms with Crippen LogP contribution in [-0.2, 0) is 0 Å². The fourth-order valence-electron chi connectivity index (χ4n) is 3.72. The average molecular weight is 353 g/mol. The minimum absolute atomic E-state index is 0.0472. The maximum atomic E-state index is 13.3. The minimum Gasteiger partial charge on any atom is -0.497 e. The van der Waals surface area contributed by atoms with Crippen molar-refractivity contribution in [3.8, 4) is 17.2 Å². The Bertz CT molecular complexity index is 787. The summed E-state index contributed by atoms with van der Waals surface area (Å²) in [5, 5.41) is 0. The van der Waals surface area contributed by atoms with Crippen LogP contribution in [0.15, 0.2) is 42.5 Å². The Morgan fingerprint density at radius 3 is 2.65 bits per heavy atom. The zero-order valence-corrected chi connectivity index (χ0v) is 14.9. The number of fused-ring (bicyclic) bond motifs is 1. The molecule has 0 aromatic heterocycles. The van der Waals surface area contributed by atoms with Crippen LogP contribution in [0.4, 0.5) is 0 Å². The lowest BCUT2D eigenvalue weighted by Gasteiger charge is -2.30. The molecule has 1 atom stereocenters. The minimum atomic E-state index is 0.0472. The van der Waals surface area contributed by atoms with E-state index in [2.05, 4.69) is 12.1 Å². The van der Waals surface area contributed by atoms with Gasteiger partial charge in [-0.25, -0.2) is 0 Å².